The molecule has 3 aromatic rings. The van der Waals surface area contributed by atoms with Crippen molar-refractivity contribution in [3.8, 4) is 0 Å². The summed E-state index contributed by atoms with van der Waals surface area (Å²) < 4.78 is 0. The smallest absolute Gasteiger partial charge is 0.321 e. The first-order valence-corrected chi connectivity index (χ1v) is 9.42. The zero-order chi connectivity index (χ0) is 21.5. The Morgan fingerprint density at radius 2 is 1.90 bits per heavy atom. The molecule has 0 spiro atoms. The molecule has 3 rings (SSSR count). The summed E-state index contributed by atoms with van der Waals surface area (Å²) in [5.41, 5.74) is 7.36. The molecule has 0 aliphatic heterocycles. The minimum absolute atomic E-state index is 0.0856. The molecule has 0 aliphatic rings. The first-order valence-electron chi connectivity index (χ1n) is 9.42. The van der Waals surface area contributed by atoms with Crippen LogP contribution in [0.4, 0.5) is 23.0 Å². The van der Waals surface area contributed by atoms with Crippen LogP contribution in [0.3, 0.4) is 0 Å². The van der Waals surface area contributed by atoms with E-state index in [0.29, 0.717) is 6.54 Å². The molecule has 0 fully saturated rings. The lowest BCUT2D eigenvalue weighted by Crippen LogP contribution is -2.32. The highest BCUT2D eigenvalue weighted by Gasteiger charge is 2.27. The molecule has 9 nitrogen and oxygen atoms in total. The second kappa shape index (κ2) is 9.46. The number of benzene rings is 2. The van der Waals surface area contributed by atoms with Crippen molar-refractivity contribution in [3.63, 3.8) is 0 Å². The number of carbonyl (C=O) groups is 1. The van der Waals surface area contributed by atoms with E-state index in [1.807, 2.05) is 68.4 Å². The molecule has 0 aliphatic carbocycles. The maximum atomic E-state index is 12.2. The second-order valence-electron chi connectivity index (χ2n) is 6.57. The van der Waals surface area contributed by atoms with Crippen LogP contribution in [0, 0.1) is 17.0 Å². The van der Waals surface area contributed by atoms with Gasteiger partial charge in [-0.25, -0.2) is 9.97 Å². The number of aryl methyl sites for hydroxylation is 1. The van der Waals surface area contributed by atoms with Gasteiger partial charge < -0.3 is 4.90 Å². The maximum Gasteiger partial charge on any atom is 0.355 e. The van der Waals surface area contributed by atoms with Crippen molar-refractivity contribution in [2.24, 2.45) is 0 Å². The van der Waals surface area contributed by atoms with E-state index < -0.39 is 4.92 Å². The highest BCUT2D eigenvalue weighted by molar-refractivity contribution is 5.81. The van der Waals surface area contributed by atoms with Gasteiger partial charge in [-0.15, -0.1) is 0 Å². The maximum absolute atomic E-state index is 12.2. The first-order chi connectivity index (χ1) is 14.5. The molecule has 0 saturated heterocycles. The normalized spacial score (nSPS) is 10.3. The van der Waals surface area contributed by atoms with Gasteiger partial charge in [0.1, 0.15) is 6.33 Å². The molecule has 0 unspecified atom stereocenters. The van der Waals surface area contributed by atoms with Gasteiger partial charge in [-0.2, -0.15) is 0 Å². The zero-order valence-corrected chi connectivity index (χ0v) is 16.7. The van der Waals surface area contributed by atoms with Crippen LogP contribution in [-0.2, 0) is 11.2 Å². The number of carbonyl (C=O) groups excluding carboxylic acids is 1. The van der Waals surface area contributed by atoms with E-state index >= 15 is 0 Å². The lowest BCUT2D eigenvalue weighted by atomic mass is 10.1. The van der Waals surface area contributed by atoms with Crippen LogP contribution in [0.2, 0.25) is 0 Å². The van der Waals surface area contributed by atoms with E-state index in [2.05, 4.69) is 20.8 Å². The molecule has 1 aromatic heterocycles. The summed E-state index contributed by atoms with van der Waals surface area (Å²) in [5.74, 6) is -0.290. The monoisotopic (exact) mass is 406 g/mol. The van der Waals surface area contributed by atoms with Gasteiger partial charge in [0.2, 0.25) is 17.5 Å². The largest absolute Gasteiger partial charge is 0.355 e. The number of aromatic nitrogens is 2. The number of hydrogen-bond acceptors (Lipinski definition) is 7. The standard InChI is InChI=1S/C21H22N6O3/c1-3-26(17-11-7-8-15(2)12-17)21-19(27(29)30)20(22-14-23-21)25-24-18(28)13-16-9-5-4-6-10-16/h4-12,14H,3,13H2,1-2H3,(H,24,28)(H,22,23,25). The van der Waals surface area contributed by atoms with Gasteiger partial charge >= 0.3 is 5.69 Å². The zero-order valence-electron chi connectivity index (χ0n) is 16.7. The highest BCUT2D eigenvalue weighted by Crippen LogP contribution is 2.35. The third-order valence-corrected chi connectivity index (χ3v) is 4.40. The highest BCUT2D eigenvalue weighted by atomic mass is 16.6. The lowest BCUT2D eigenvalue weighted by Gasteiger charge is -2.22. The van der Waals surface area contributed by atoms with Crippen molar-refractivity contribution >= 4 is 28.9 Å². The summed E-state index contributed by atoms with van der Waals surface area (Å²) in [6.07, 6.45) is 1.36. The van der Waals surface area contributed by atoms with Gasteiger partial charge in [0.15, 0.2) is 0 Å². The Kier molecular flexibility index (Phi) is 6.53. The van der Waals surface area contributed by atoms with Crippen molar-refractivity contribution in [2.45, 2.75) is 20.3 Å². The second-order valence-corrected chi connectivity index (χ2v) is 6.57. The van der Waals surface area contributed by atoms with Gasteiger partial charge in [-0.3, -0.25) is 25.8 Å². The molecular weight excluding hydrogens is 384 g/mol. The predicted octanol–water partition coefficient (Wildman–Crippen LogP) is 3.54. The summed E-state index contributed by atoms with van der Waals surface area (Å²) in [6, 6.07) is 16.8. The van der Waals surface area contributed by atoms with E-state index in [9.17, 15) is 14.9 Å². The number of nitrogens with zero attached hydrogens (tertiary/aromatic N) is 4. The molecule has 30 heavy (non-hydrogen) atoms. The molecule has 0 bridgehead atoms. The van der Waals surface area contributed by atoms with Gasteiger partial charge in [0.25, 0.3) is 0 Å². The van der Waals surface area contributed by atoms with Crippen molar-refractivity contribution in [1.82, 2.24) is 15.4 Å². The number of hydrazine groups is 1. The lowest BCUT2D eigenvalue weighted by molar-refractivity contribution is -0.383. The fraction of sp³-hybridized carbons (Fsp3) is 0.190. The molecule has 0 radical (unpaired) electrons. The Hall–Kier alpha value is -4.01. The Bertz CT molecular complexity index is 1040. The predicted molar refractivity (Wildman–Crippen MR) is 114 cm³/mol. The number of nitro groups is 1. The minimum Gasteiger partial charge on any atom is -0.321 e. The van der Waals surface area contributed by atoms with Crippen molar-refractivity contribution in [2.75, 3.05) is 16.9 Å². The quantitative estimate of drug-likeness (QED) is 0.434. The number of amides is 1. The van der Waals surface area contributed by atoms with Crippen LogP contribution >= 0.6 is 0 Å². The van der Waals surface area contributed by atoms with Gasteiger partial charge in [-0.05, 0) is 37.1 Å². The van der Waals surface area contributed by atoms with Crippen molar-refractivity contribution in [1.29, 1.82) is 0 Å². The molecule has 2 N–H and O–H groups in total. The van der Waals surface area contributed by atoms with E-state index in [-0.39, 0.29) is 29.7 Å². The Balaban J connectivity index is 1.85. The van der Waals surface area contributed by atoms with Crippen molar-refractivity contribution in [3.05, 3.63) is 82.2 Å². The summed E-state index contributed by atoms with van der Waals surface area (Å²) >= 11 is 0. The summed E-state index contributed by atoms with van der Waals surface area (Å²) in [7, 11) is 0. The molecule has 0 saturated carbocycles. The average Bonchev–Trinajstić information content (AvgIpc) is 2.73. The van der Waals surface area contributed by atoms with Crippen LogP contribution in [0.25, 0.3) is 0 Å². The Labute approximate surface area is 173 Å². The molecule has 0 atom stereocenters. The molecule has 1 heterocycles. The van der Waals surface area contributed by atoms with Gasteiger partial charge in [0.05, 0.1) is 11.3 Å². The topological polar surface area (TPSA) is 113 Å². The Morgan fingerprint density at radius 1 is 1.13 bits per heavy atom. The van der Waals surface area contributed by atoms with Crippen molar-refractivity contribution < 1.29 is 9.72 Å². The summed E-state index contributed by atoms with van der Waals surface area (Å²) in [4.78, 5) is 33.3. The minimum atomic E-state index is -0.556. The first kappa shape index (κ1) is 20.7. The van der Waals surface area contributed by atoms with Crippen LogP contribution in [0.15, 0.2) is 60.9 Å². The third kappa shape index (κ3) is 4.88. The van der Waals surface area contributed by atoms with E-state index in [1.165, 1.54) is 6.33 Å². The SMILES string of the molecule is CCN(c1cccc(C)c1)c1ncnc(NNC(=O)Cc2ccccc2)c1[N+](=O)[O-]. The van der Waals surface area contributed by atoms with Crippen LogP contribution in [0.5, 0.6) is 0 Å². The van der Waals surface area contributed by atoms with Gasteiger partial charge in [0, 0.05) is 12.2 Å². The van der Waals surface area contributed by atoms with Crippen LogP contribution in [-0.4, -0.2) is 27.3 Å². The number of hydrogen-bond donors (Lipinski definition) is 2. The van der Waals surface area contributed by atoms with Crippen LogP contribution in [0.1, 0.15) is 18.1 Å². The number of anilines is 3. The van der Waals surface area contributed by atoms with E-state index in [1.54, 1.807) is 4.90 Å². The molecule has 2 aromatic carbocycles. The van der Waals surface area contributed by atoms with Crippen LogP contribution < -0.4 is 15.8 Å². The fourth-order valence-electron chi connectivity index (χ4n) is 3.03. The molecule has 9 heteroatoms. The summed E-state index contributed by atoms with van der Waals surface area (Å²) in [6.45, 7) is 4.28. The summed E-state index contributed by atoms with van der Waals surface area (Å²) in [5, 5.41) is 11.8. The third-order valence-electron chi connectivity index (χ3n) is 4.40. The molecule has 154 valence electrons. The van der Waals surface area contributed by atoms with E-state index in [0.717, 1.165) is 16.8 Å². The fourth-order valence-corrected chi connectivity index (χ4v) is 3.03. The number of rotatable bonds is 8. The Morgan fingerprint density at radius 3 is 2.57 bits per heavy atom. The molecular formula is C21H22N6O3. The number of nitrogens with one attached hydrogen (secondary N) is 2. The molecule has 1 amide bonds. The average molecular weight is 406 g/mol. The van der Waals surface area contributed by atoms with E-state index in [4.69, 9.17) is 0 Å². The van der Waals surface area contributed by atoms with Gasteiger partial charge in [-0.1, -0.05) is 42.5 Å².